The van der Waals surface area contributed by atoms with Gasteiger partial charge in [-0.25, -0.2) is 0 Å². The number of amides is 1. The van der Waals surface area contributed by atoms with Crippen LogP contribution in [0.1, 0.15) is 35.7 Å². The summed E-state index contributed by atoms with van der Waals surface area (Å²) in [7, 11) is 1.57. The van der Waals surface area contributed by atoms with Gasteiger partial charge in [-0.3, -0.25) is 9.59 Å². The highest BCUT2D eigenvalue weighted by Gasteiger charge is 2.22. The molecule has 0 atom stereocenters. The summed E-state index contributed by atoms with van der Waals surface area (Å²) < 4.78 is 5.18. The Morgan fingerprint density at radius 1 is 1.35 bits per heavy atom. The first-order chi connectivity index (χ1) is 8.11. The first kappa shape index (κ1) is 11.6. The number of methoxy groups -OCH3 is 1. The van der Waals surface area contributed by atoms with Crippen molar-refractivity contribution in [1.29, 1.82) is 0 Å². The van der Waals surface area contributed by atoms with Crippen molar-refractivity contribution < 1.29 is 14.3 Å². The number of nitrogens with one attached hydrogen (secondary N) is 1. The van der Waals surface area contributed by atoms with Crippen LogP contribution >= 0.6 is 0 Å². The number of Topliss-reactive ketones (excluding diaryl/α,β-unsaturated/α-hetero) is 1. The quantitative estimate of drug-likeness (QED) is 0.851. The molecule has 4 nitrogen and oxygen atoms in total. The largest absolute Gasteiger partial charge is 0.497 e. The predicted molar refractivity (Wildman–Crippen MR) is 64.6 cm³/mol. The standard InChI is InChI=1S/C13H15NO3/c1-8(15)14-11-7-10(17-2)6-9-4-3-5-12(16)13(9)11/h6-7H,3-5H2,1-2H3,(H,14,15). The van der Waals surface area contributed by atoms with Crippen molar-refractivity contribution in [2.45, 2.75) is 26.2 Å². The summed E-state index contributed by atoms with van der Waals surface area (Å²) in [6.45, 7) is 1.43. The van der Waals surface area contributed by atoms with Crippen LogP contribution in [0.4, 0.5) is 5.69 Å². The summed E-state index contributed by atoms with van der Waals surface area (Å²) >= 11 is 0. The van der Waals surface area contributed by atoms with Gasteiger partial charge in [-0.15, -0.1) is 0 Å². The van der Waals surface area contributed by atoms with Crippen molar-refractivity contribution in [3.8, 4) is 5.75 Å². The number of benzene rings is 1. The molecule has 0 aromatic heterocycles. The molecule has 4 heteroatoms. The van der Waals surface area contributed by atoms with Crippen LogP contribution in [0.25, 0.3) is 0 Å². The lowest BCUT2D eigenvalue weighted by Gasteiger charge is -2.19. The minimum Gasteiger partial charge on any atom is -0.497 e. The fourth-order valence-electron chi connectivity index (χ4n) is 2.17. The summed E-state index contributed by atoms with van der Waals surface area (Å²) in [6.07, 6.45) is 2.26. The lowest BCUT2D eigenvalue weighted by atomic mass is 9.89. The second kappa shape index (κ2) is 4.57. The van der Waals surface area contributed by atoms with Crippen LogP contribution < -0.4 is 10.1 Å². The zero-order valence-electron chi connectivity index (χ0n) is 10.0. The molecule has 0 unspecified atom stereocenters. The molecule has 1 N–H and O–H groups in total. The normalized spacial score (nSPS) is 14.1. The molecule has 0 heterocycles. The van der Waals surface area contributed by atoms with Crippen molar-refractivity contribution in [3.05, 3.63) is 23.3 Å². The third-order valence-corrected chi connectivity index (χ3v) is 2.87. The zero-order chi connectivity index (χ0) is 12.4. The molecule has 1 aliphatic carbocycles. The van der Waals surface area contributed by atoms with Crippen molar-refractivity contribution >= 4 is 17.4 Å². The van der Waals surface area contributed by atoms with E-state index in [-0.39, 0.29) is 11.7 Å². The van der Waals surface area contributed by atoms with Crippen LogP contribution in [0.3, 0.4) is 0 Å². The van der Waals surface area contributed by atoms with Crippen LogP contribution in [0.15, 0.2) is 12.1 Å². The summed E-state index contributed by atoms with van der Waals surface area (Å²) in [5.74, 6) is 0.582. The molecule has 0 saturated carbocycles. The van der Waals surface area contributed by atoms with E-state index in [0.717, 1.165) is 18.4 Å². The van der Waals surface area contributed by atoms with E-state index in [1.165, 1.54) is 6.92 Å². The highest BCUT2D eigenvalue weighted by Crippen LogP contribution is 2.32. The first-order valence-electron chi connectivity index (χ1n) is 5.63. The maximum atomic E-state index is 11.9. The van der Waals surface area contributed by atoms with E-state index in [1.54, 1.807) is 13.2 Å². The second-order valence-electron chi connectivity index (χ2n) is 4.17. The van der Waals surface area contributed by atoms with Gasteiger partial charge in [0, 0.05) is 25.0 Å². The molecule has 1 aromatic carbocycles. The molecule has 17 heavy (non-hydrogen) atoms. The highest BCUT2D eigenvalue weighted by molar-refractivity contribution is 6.06. The number of hydrogen-bond donors (Lipinski definition) is 1. The van der Waals surface area contributed by atoms with E-state index in [9.17, 15) is 9.59 Å². The third kappa shape index (κ3) is 2.30. The van der Waals surface area contributed by atoms with E-state index in [1.807, 2.05) is 6.07 Å². The molecule has 1 amide bonds. The number of rotatable bonds is 2. The van der Waals surface area contributed by atoms with Gasteiger partial charge in [-0.2, -0.15) is 0 Å². The lowest BCUT2D eigenvalue weighted by molar-refractivity contribution is -0.114. The monoisotopic (exact) mass is 233 g/mol. The summed E-state index contributed by atoms with van der Waals surface area (Å²) in [5.41, 5.74) is 2.17. The molecule has 0 fully saturated rings. The molecule has 2 rings (SSSR count). The Hall–Kier alpha value is -1.84. The summed E-state index contributed by atoms with van der Waals surface area (Å²) in [6, 6.07) is 3.57. The fourth-order valence-corrected chi connectivity index (χ4v) is 2.17. The SMILES string of the molecule is COc1cc2c(c(NC(C)=O)c1)C(=O)CCC2. The van der Waals surface area contributed by atoms with Crippen LogP contribution in [0.2, 0.25) is 0 Å². The van der Waals surface area contributed by atoms with Crippen molar-refractivity contribution in [3.63, 3.8) is 0 Å². The molecule has 1 aromatic rings. The Kier molecular flexibility index (Phi) is 3.13. The number of aryl methyl sites for hydroxylation is 1. The maximum absolute atomic E-state index is 11.9. The minimum absolute atomic E-state index is 0.0950. The van der Waals surface area contributed by atoms with E-state index in [4.69, 9.17) is 4.74 Å². The number of carbonyl (C=O) groups excluding carboxylic acids is 2. The van der Waals surface area contributed by atoms with Gasteiger partial charge in [0.25, 0.3) is 0 Å². The number of hydrogen-bond acceptors (Lipinski definition) is 3. The Labute approximate surface area is 100.0 Å². The van der Waals surface area contributed by atoms with Gasteiger partial charge in [-0.1, -0.05) is 0 Å². The maximum Gasteiger partial charge on any atom is 0.221 e. The number of ether oxygens (including phenoxy) is 1. The lowest BCUT2D eigenvalue weighted by Crippen LogP contribution is -2.16. The smallest absolute Gasteiger partial charge is 0.221 e. The Bertz CT molecular complexity index is 480. The zero-order valence-corrected chi connectivity index (χ0v) is 10.0. The third-order valence-electron chi connectivity index (χ3n) is 2.87. The van der Waals surface area contributed by atoms with Crippen molar-refractivity contribution in [2.24, 2.45) is 0 Å². The Morgan fingerprint density at radius 2 is 2.12 bits per heavy atom. The Balaban J connectivity index is 2.53. The average molecular weight is 233 g/mol. The molecular weight excluding hydrogens is 218 g/mol. The number of ketones is 1. The highest BCUT2D eigenvalue weighted by atomic mass is 16.5. The van der Waals surface area contributed by atoms with Crippen LogP contribution in [0.5, 0.6) is 5.75 Å². The molecular formula is C13H15NO3. The first-order valence-corrected chi connectivity index (χ1v) is 5.63. The number of anilines is 1. The second-order valence-corrected chi connectivity index (χ2v) is 4.17. The molecule has 90 valence electrons. The molecule has 1 aliphatic rings. The van der Waals surface area contributed by atoms with Crippen molar-refractivity contribution in [1.82, 2.24) is 0 Å². The minimum atomic E-state index is -0.182. The number of carbonyl (C=O) groups is 2. The van der Waals surface area contributed by atoms with Gasteiger partial charge in [0.2, 0.25) is 5.91 Å². The fraction of sp³-hybridized carbons (Fsp3) is 0.385. The van der Waals surface area contributed by atoms with Gasteiger partial charge in [-0.05, 0) is 24.5 Å². The molecule has 0 aliphatic heterocycles. The van der Waals surface area contributed by atoms with Gasteiger partial charge in [0.1, 0.15) is 5.75 Å². The molecule has 0 radical (unpaired) electrons. The van der Waals surface area contributed by atoms with Gasteiger partial charge in [0.15, 0.2) is 5.78 Å². The van der Waals surface area contributed by atoms with Gasteiger partial charge in [0.05, 0.1) is 12.8 Å². The molecule has 0 spiro atoms. The van der Waals surface area contributed by atoms with Crippen LogP contribution in [0, 0.1) is 0 Å². The molecule has 0 saturated heterocycles. The van der Waals surface area contributed by atoms with E-state index in [2.05, 4.69) is 5.32 Å². The Morgan fingerprint density at radius 3 is 2.76 bits per heavy atom. The topological polar surface area (TPSA) is 55.4 Å². The van der Waals surface area contributed by atoms with E-state index in [0.29, 0.717) is 23.4 Å². The average Bonchev–Trinajstić information content (AvgIpc) is 2.27. The molecule has 0 bridgehead atoms. The number of fused-ring (bicyclic) bond motifs is 1. The van der Waals surface area contributed by atoms with Crippen LogP contribution in [-0.2, 0) is 11.2 Å². The summed E-state index contributed by atoms with van der Waals surface area (Å²) in [5, 5.41) is 2.70. The van der Waals surface area contributed by atoms with E-state index < -0.39 is 0 Å². The van der Waals surface area contributed by atoms with Gasteiger partial charge >= 0.3 is 0 Å². The summed E-state index contributed by atoms with van der Waals surface area (Å²) in [4.78, 5) is 23.0. The van der Waals surface area contributed by atoms with Crippen LogP contribution in [-0.4, -0.2) is 18.8 Å². The van der Waals surface area contributed by atoms with E-state index >= 15 is 0 Å². The predicted octanol–water partition coefficient (Wildman–Crippen LogP) is 2.17. The van der Waals surface area contributed by atoms with Gasteiger partial charge < -0.3 is 10.1 Å². The van der Waals surface area contributed by atoms with Crippen molar-refractivity contribution in [2.75, 3.05) is 12.4 Å².